The molecular weight excluding hydrogens is 232 g/mol. The summed E-state index contributed by atoms with van der Waals surface area (Å²) in [5.41, 5.74) is 1.47. The molecule has 0 unspecified atom stereocenters. The van der Waals surface area contributed by atoms with Crippen molar-refractivity contribution in [1.29, 1.82) is 0 Å². The van der Waals surface area contributed by atoms with Crippen LogP contribution in [0.2, 0.25) is 0 Å². The topological polar surface area (TPSA) is 72.3 Å². The second-order valence-corrected chi connectivity index (χ2v) is 3.62. The summed E-state index contributed by atoms with van der Waals surface area (Å²) in [5, 5.41) is 17.1. The first-order chi connectivity index (χ1) is 8.65. The van der Waals surface area contributed by atoms with Crippen LogP contribution in [0.5, 0.6) is 5.88 Å². The molecule has 0 bridgehead atoms. The third kappa shape index (κ3) is 2.98. The molecule has 1 heterocycles. The number of hydrogen-bond acceptors (Lipinski definition) is 4. The highest BCUT2D eigenvalue weighted by Gasteiger charge is 2.21. The molecule has 1 rings (SSSR count). The molecule has 5 nitrogen and oxygen atoms in total. The number of terminal acetylenes is 1. The number of carboxylic acids is 1. The molecule has 0 radical (unpaired) electrons. The van der Waals surface area contributed by atoms with Crippen molar-refractivity contribution < 1.29 is 14.6 Å². The Balaban J connectivity index is 3.18. The number of ether oxygens (including phenoxy) is 1. The molecule has 0 aliphatic rings. The molecule has 0 saturated heterocycles. The van der Waals surface area contributed by atoms with Gasteiger partial charge in [-0.3, -0.25) is 0 Å². The van der Waals surface area contributed by atoms with Crippen molar-refractivity contribution in [2.24, 2.45) is 0 Å². The summed E-state index contributed by atoms with van der Waals surface area (Å²) in [6, 6.07) is 0. The maximum Gasteiger partial charge on any atom is 0.341 e. The second kappa shape index (κ2) is 6.60. The zero-order valence-electron chi connectivity index (χ0n) is 10.6. The van der Waals surface area contributed by atoms with Crippen molar-refractivity contribution in [1.82, 2.24) is 10.2 Å². The van der Waals surface area contributed by atoms with Crippen LogP contribution in [0, 0.1) is 12.3 Å². The Labute approximate surface area is 106 Å². The van der Waals surface area contributed by atoms with Crippen LogP contribution in [0.15, 0.2) is 0 Å². The summed E-state index contributed by atoms with van der Waals surface area (Å²) >= 11 is 0. The maximum atomic E-state index is 11.3. The first-order valence-corrected chi connectivity index (χ1v) is 5.83. The van der Waals surface area contributed by atoms with Crippen molar-refractivity contribution in [3.63, 3.8) is 0 Å². The van der Waals surface area contributed by atoms with E-state index in [4.69, 9.17) is 11.2 Å². The molecule has 1 N–H and O–H groups in total. The van der Waals surface area contributed by atoms with Crippen LogP contribution in [0.25, 0.3) is 0 Å². The quantitative estimate of drug-likeness (QED) is 0.612. The average molecular weight is 248 g/mol. The van der Waals surface area contributed by atoms with Gasteiger partial charge in [0.1, 0.15) is 12.2 Å². The summed E-state index contributed by atoms with van der Waals surface area (Å²) in [6.45, 7) is 4.03. The molecule has 18 heavy (non-hydrogen) atoms. The van der Waals surface area contributed by atoms with Crippen LogP contribution < -0.4 is 4.74 Å². The number of aromatic carboxylic acids is 1. The van der Waals surface area contributed by atoms with Crippen molar-refractivity contribution in [2.45, 2.75) is 33.1 Å². The molecular formula is C13H16N2O3. The highest BCUT2D eigenvalue weighted by molar-refractivity contribution is 5.92. The molecule has 0 saturated carbocycles. The molecule has 1 aromatic heterocycles. The lowest BCUT2D eigenvalue weighted by Gasteiger charge is -2.12. The Morgan fingerprint density at radius 3 is 2.61 bits per heavy atom. The zero-order valence-corrected chi connectivity index (χ0v) is 10.6. The van der Waals surface area contributed by atoms with Gasteiger partial charge in [-0.25, -0.2) is 4.79 Å². The van der Waals surface area contributed by atoms with Gasteiger partial charge in [0.05, 0.1) is 5.69 Å². The number of carboxylic acid groups (broad SMARTS) is 1. The van der Waals surface area contributed by atoms with Gasteiger partial charge < -0.3 is 9.84 Å². The van der Waals surface area contributed by atoms with Crippen molar-refractivity contribution >= 4 is 5.97 Å². The first-order valence-electron chi connectivity index (χ1n) is 5.83. The van der Waals surface area contributed by atoms with E-state index in [-0.39, 0.29) is 18.1 Å². The molecule has 96 valence electrons. The van der Waals surface area contributed by atoms with Crippen molar-refractivity contribution in [2.75, 3.05) is 6.61 Å². The zero-order chi connectivity index (χ0) is 13.5. The lowest BCUT2D eigenvalue weighted by atomic mass is 10.0. The van der Waals surface area contributed by atoms with E-state index < -0.39 is 5.97 Å². The highest BCUT2D eigenvalue weighted by atomic mass is 16.5. The standard InChI is InChI=1S/C13H16N2O3/c1-4-7-8-18-12-11(13(16)17)9(5-2)10(6-3)14-15-12/h1H,5-8H2,2-3H3,(H,16,17). The lowest BCUT2D eigenvalue weighted by Crippen LogP contribution is -2.13. The second-order valence-electron chi connectivity index (χ2n) is 3.62. The fourth-order valence-corrected chi connectivity index (χ4v) is 1.68. The van der Waals surface area contributed by atoms with Crippen LogP contribution in [0.3, 0.4) is 0 Å². The monoisotopic (exact) mass is 248 g/mol. The Bertz CT molecular complexity index is 478. The van der Waals surface area contributed by atoms with E-state index >= 15 is 0 Å². The summed E-state index contributed by atoms with van der Waals surface area (Å²) < 4.78 is 5.28. The van der Waals surface area contributed by atoms with E-state index in [1.807, 2.05) is 13.8 Å². The van der Waals surface area contributed by atoms with E-state index in [1.54, 1.807) is 0 Å². The Morgan fingerprint density at radius 1 is 1.39 bits per heavy atom. The SMILES string of the molecule is C#CCCOc1nnc(CC)c(CC)c1C(=O)O. The summed E-state index contributed by atoms with van der Waals surface area (Å²) in [7, 11) is 0. The number of carbonyl (C=O) groups is 1. The van der Waals surface area contributed by atoms with E-state index in [0.29, 0.717) is 30.5 Å². The van der Waals surface area contributed by atoms with Gasteiger partial charge in [-0.05, 0) is 18.4 Å². The fourth-order valence-electron chi connectivity index (χ4n) is 1.68. The predicted molar refractivity (Wildman–Crippen MR) is 66.7 cm³/mol. The largest absolute Gasteiger partial charge is 0.477 e. The predicted octanol–water partition coefficient (Wildman–Crippen LogP) is 1.70. The minimum absolute atomic E-state index is 0.0480. The molecule has 0 aliphatic heterocycles. The molecule has 0 aromatic carbocycles. The summed E-state index contributed by atoms with van der Waals surface area (Å²) in [6.07, 6.45) is 6.73. The fraction of sp³-hybridized carbons (Fsp3) is 0.462. The van der Waals surface area contributed by atoms with Crippen LogP contribution in [-0.2, 0) is 12.8 Å². The summed E-state index contributed by atoms with van der Waals surface area (Å²) in [5.74, 6) is 1.42. The van der Waals surface area contributed by atoms with E-state index in [2.05, 4.69) is 16.1 Å². The van der Waals surface area contributed by atoms with Crippen molar-refractivity contribution in [3.05, 3.63) is 16.8 Å². The minimum atomic E-state index is -1.05. The number of nitrogens with zero attached hydrogens (tertiary/aromatic N) is 2. The molecule has 0 atom stereocenters. The van der Waals surface area contributed by atoms with Gasteiger partial charge in [-0.2, -0.15) is 5.10 Å². The molecule has 1 aromatic rings. The number of aromatic nitrogens is 2. The smallest absolute Gasteiger partial charge is 0.341 e. The Kier molecular flexibility index (Phi) is 5.12. The van der Waals surface area contributed by atoms with Gasteiger partial charge in [0.2, 0.25) is 5.88 Å². The van der Waals surface area contributed by atoms with Gasteiger partial charge in [0.15, 0.2) is 0 Å². The Hall–Kier alpha value is -2.09. The van der Waals surface area contributed by atoms with E-state index in [1.165, 1.54) is 0 Å². The number of hydrogen-bond donors (Lipinski definition) is 1. The van der Waals surface area contributed by atoms with Gasteiger partial charge in [0, 0.05) is 6.42 Å². The molecule has 0 aliphatic carbocycles. The normalized spacial score (nSPS) is 9.83. The maximum absolute atomic E-state index is 11.3. The minimum Gasteiger partial charge on any atom is -0.477 e. The van der Waals surface area contributed by atoms with Crippen LogP contribution >= 0.6 is 0 Å². The molecule has 0 spiro atoms. The highest BCUT2D eigenvalue weighted by Crippen LogP contribution is 2.22. The summed E-state index contributed by atoms with van der Waals surface area (Å²) in [4.78, 5) is 11.3. The van der Waals surface area contributed by atoms with Crippen LogP contribution in [0.1, 0.15) is 41.9 Å². The van der Waals surface area contributed by atoms with Crippen LogP contribution in [0.4, 0.5) is 0 Å². The molecule has 0 fully saturated rings. The number of rotatable bonds is 6. The van der Waals surface area contributed by atoms with Gasteiger partial charge in [-0.15, -0.1) is 17.4 Å². The van der Waals surface area contributed by atoms with Crippen molar-refractivity contribution in [3.8, 4) is 18.2 Å². The van der Waals surface area contributed by atoms with E-state index in [9.17, 15) is 9.90 Å². The lowest BCUT2D eigenvalue weighted by molar-refractivity contribution is 0.0689. The van der Waals surface area contributed by atoms with Gasteiger partial charge in [0.25, 0.3) is 0 Å². The van der Waals surface area contributed by atoms with Gasteiger partial charge >= 0.3 is 5.97 Å². The average Bonchev–Trinajstić information content (AvgIpc) is 2.37. The first kappa shape index (κ1) is 14.0. The number of aryl methyl sites for hydroxylation is 1. The third-order valence-corrected chi connectivity index (χ3v) is 2.51. The molecule has 0 amide bonds. The van der Waals surface area contributed by atoms with Crippen LogP contribution in [-0.4, -0.2) is 27.9 Å². The molecule has 5 heteroatoms. The van der Waals surface area contributed by atoms with E-state index in [0.717, 1.165) is 0 Å². The third-order valence-electron chi connectivity index (χ3n) is 2.51. The van der Waals surface area contributed by atoms with Gasteiger partial charge in [-0.1, -0.05) is 13.8 Å². The Morgan fingerprint density at radius 2 is 2.11 bits per heavy atom.